The van der Waals surface area contributed by atoms with Crippen molar-refractivity contribution >= 4 is 12.4 Å². The Labute approximate surface area is 113 Å². The average Bonchev–Trinajstić information content (AvgIpc) is 2.56. The van der Waals surface area contributed by atoms with Crippen LogP contribution in [0.5, 0.6) is 0 Å². The van der Waals surface area contributed by atoms with Gasteiger partial charge in [0.25, 0.3) is 0 Å². The molecule has 1 N–H and O–H groups in total. The number of rotatable bonds is 3. The number of likely N-dealkylation sites (tertiary alicyclic amines) is 1. The maximum absolute atomic E-state index is 3.53. The van der Waals surface area contributed by atoms with Gasteiger partial charge in [-0.3, -0.25) is 0 Å². The molecule has 0 radical (unpaired) electrons. The van der Waals surface area contributed by atoms with Crippen LogP contribution in [-0.4, -0.2) is 37.6 Å². The summed E-state index contributed by atoms with van der Waals surface area (Å²) >= 11 is 0. The number of halogens is 1. The molecule has 0 saturated carbocycles. The van der Waals surface area contributed by atoms with E-state index in [-0.39, 0.29) is 12.4 Å². The first-order valence-corrected chi connectivity index (χ1v) is 7.31. The van der Waals surface area contributed by atoms with E-state index in [2.05, 4.69) is 17.1 Å². The molecule has 2 aliphatic rings. The lowest BCUT2D eigenvalue weighted by Crippen LogP contribution is -2.38. The highest BCUT2D eigenvalue weighted by Crippen LogP contribution is 2.21. The number of nitrogens with one attached hydrogen (secondary N) is 1. The van der Waals surface area contributed by atoms with Crippen molar-refractivity contribution in [3.8, 4) is 0 Å². The van der Waals surface area contributed by atoms with Gasteiger partial charge >= 0.3 is 0 Å². The van der Waals surface area contributed by atoms with Gasteiger partial charge in [-0.2, -0.15) is 0 Å². The van der Waals surface area contributed by atoms with Crippen molar-refractivity contribution in [3.05, 3.63) is 0 Å². The second-order valence-electron chi connectivity index (χ2n) is 5.72. The number of hydrogen-bond donors (Lipinski definition) is 1. The third kappa shape index (κ3) is 5.15. The van der Waals surface area contributed by atoms with Crippen LogP contribution in [0.4, 0.5) is 0 Å². The molecule has 3 heteroatoms. The summed E-state index contributed by atoms with van der Waals surface area (Å²) in [4.78, 5) is 2.73. The molecule has 0 aromatic rings. The van der Waals surface area contributed by atoms with E-state index in [1.807, 2.05) is 0 Å². The molecule has 0 spiro atoms. The third-order valence-electron chi connectivity index (χ3n) is 4.43. The minimum absolute atomic E-state index is 0. The van der Waals surface area contributed by atoms with E-state index >= 15 is 0 Å². The molecule has 2 saturated heterocycles. The monoisotopic (exact) mass is 260 g/mol. The molecular weight excluding hydrogens is 232 g/mol. The quantitative estimate of drug-likeness (QED) is 0.840. The molecule has 102 valence electrons. The zero-order valence-corrected chi connectivity index (χ0v) is 12.1. The first-order chi connectivity index (χ1) is 7.88. The summed E-state index contributed by atoms with van der Waals surface area (Å²) in [6.45, 7) is 8.92. The Hall–Kier alpha value is 0.210. The molecular formula is C14H29ClN2. The van der Waals surface area contributed by atoms with Crippen molar-refractivity contribution in [1.82, 2.24) is 10.2 Å². The van der Waals surface area contributed by atoms with Gasteiger partial charge in [0.2, 0.25) is 0 Å². The predicted octanol–water partition coefficient (Wildman–Crippen LogP) is 2.92. The Balaban J connectivity index is 0.00000144. The lowest BCUT2D eigenvalue weighted by molar-refractivity contribution is 0.212. The highest BCUT2D eigenvalue weighted by atomic mass is 35.5. The van der Waals surface area contributed by atoms with Crippen molar-refractivity contribution in [2.45, 2.75) is 45.4 Å². The van der Waals surface area contributed by atoms with Gasteiger partial charge in [0.1, 0.15) is 0 Å². The molecule has 17 heavy (non-hydrogen) atoms. The summed E-state index contributed by atoms with van der Waals surface area (Å²) in [5.74, 6) is 1.93. The van der Waals surface area contributed by atoms with E-state index in [0.717, 1.165) is 11.8 Å². The van der Waals surface area contributed by atoms with Gasteiger partial charge < -0.3 is 10.2 Å². The van der Waals surface area contributed by atoms with E-state index < -0.39 is 0 Å². The summed E-state index contributed by atoms with van der Waals surface area (Å²) in [5, 5.41) is 3.53. The van der Waals surface area contributed by atoms with Gasteiger partial charge in [-0.15, -0.1) is 12.4 Å². The zero-order valence-electron chi connectivity index (χ0n) is 11.3. The lowest BCUT2D eigenvalue weighted by atomic mass is 9.98. The molecule has 2 aliphatic heterocycles. The SMILES string of the molecule is CCC1CCCN(CC2CCCNC2)CC1.Cl. The van der Waals surface area contributed by atoms with Crippen molar-refractivity contribution in [2.75, 3.05) is 32.7 Å². The predicted molar refractivity (Wildman–Crippen MR) is 76.9 cm³/mol. The van der Waals surface area contributed by atoms with Gasteiger partial charge in [-0.1, -0.05) is 13.3 Å². The molecule has 2 fully saturated rings. The summed E-state index contributed by atoms with van der Waals surface area (Å²) in [6, 6.07) is 0. The van der Waals surface area contributed by atoms with Gasteiger partial charge in [0.05, 0.1) is 0 Å². The minimum Gasteiger partial charge on any atom is -0.316 e. The fourth-order valence-electron chi connectivity index (χ4n) is 3.26. The van der Waals surface area contributed by atoms with Crippen molar-refractivity contribution < 1.29 is 0 Å². The van der Waals surface area contributed by atoms with E-state index in [0.29, 0.717) is 0 Å². The molecule has 0 amide bonds. The minimum atomic E-state index is 0. The second kappa shape index (κ2) is 8.34. The Bertz CT molecular complexity index is 193. The molecule has 2 nitrogen and oxygen atoms in total. The number of piperidine rings is 1. The Morgan fingerprint density at radius 2 is 1.88 bits per heavy atom. The van der Waals surface area contributed by atoms with Crippen LogP contribution in [0.15, 0.2) is 0 Å². The highest BCUT2D eigenvalue weighted by molar-refractivity contribution is 5.85. The van der Waals surface area contributed by atoms with Crippen LogP contribution in [0, 0.1) is 11.8 Å². The van der Waals surface area contributed by atoms with Crippen LogP contribution in [0.3, 0.4) is 0 Å². The topological polar surface area (TPSA) is 15.3 Å². The molecule has 2 atom stereocenters. The van der Waals surface area contributed by atoms with Crippen molar-refractivity contribution in [1.29, 1.82) is 0 Å². The van der Waals surface area contributed by atoms with E-state index in [9.17, 15) is 0 Å². The molecule has 0 bridgehead atoms. The van der Waals surface area contributed by atoms with E-state index in [1.54, 1.807) is 0 Å². The molecule has 2 unspecified atom stereocenters. The smallest absolute Gasteiger partial charge is 0.00218 e. The van der Waals surface area contributed by atoms with Crippen LogP contribution in [0.2, 0.25) is 0 Å². The highest BCUT2D eigenvalue weighted by Gasteiger charge is 2.20. The fourth-order valence-corrected chi connectivity index (χ4v) is 3.26. The first kappa shape index (κ1) is 15.3. The zero-order chi connectivity index (χ0) is 11.2. The van der Waals surface area contributed by atoms with Crippen molar-refractivity contribution in [2.24, 2.45) is 11.8 Å². The first-order valence-electron chi connectivity index (χ1n) is 7.31. The Kier molecular flexibility index (Phi) is 7.49. The largest absolute Gasteiger partial charge is 0.316 e. The number of nitrogens with zero attached hydrogens (tertiary/aromatic N) is 1. The van der Waals surface area contributed by atoms with Gasteiger partial charge in [-0.25, -0.2) is 0 Å². The van der Waals surface area contributed by atoms with E-state index in [4.69, 9.17) is 0 Å². The molecule has 0 aromatic heterocycles. The Morgan fingerprint density at radius 3 is 2.59 bits per heavy atom. The summed E-state index contributed by atoms with van der Waals surface area (Å²) < 4.78 is 0. The maximum atomic E-state index is 3.53. The third-order valence-corrected chi connectivity index (χ3v) is 4.43. The lowest BCUT2D eigenvalue weighted by Gasteiger charge is -2.29. The van der Waals surface area contributed by atoms with Crippen molar-refractivity contribution in [3.63, 3.8) is 0 Å². The van der Waals surface area contributed by atoms with Gasteiger partial charge in [0, 0.05) is 6.54 Å². The normalized spacial score (nSPS) is 31.6. The molecule has 0 aromatic carbocycles. The van der Waals surface area contributed by atoms with Crippen LogP contribution in [0.25, 0.3) is 0 Å². The van der Waals surface area contributed by atoms with Crippen LogP contribution >= 0.6 is 12.4 Å². The van der Waals surface area contributed by atoms with Gasteiger partial charge in [-0.05, 0) is 70.1 Å². The molecule has 0 aliphatic carbocycles. The standard InChI is InChI=1S/C14H28N2.ClH/c1-2-13-6-4-9-16(10-7-13)12-14-5-3-8-15-11-14;/h13-15H,2-12H2,1H3;1H. The molecule has 2 rings (SSSR count). The van der Waals surface area contributed by atoms with Gasteiger partial charge in [0.15, 0.2) is 0 Å². The van der Waals surface area contributed by atoms with Crippen LogP contribution in [0.1, 0.15) is 45.4 Å². The summed E-state index contributed by atoms with van der Waals surface area (Å²) in [5.41, 5.74) is 0. The average molecular weight is 261 g/mol. The second-order valence-corrected chi connectivity index (χ2v) is 5.72. The Morgan fingerprint density at radius 1 is 1.06 bits per heavy atom. The van der Waals surface area contributed by atoms with E-state index in [1.165, 1.54) is 71.2 Å². The molecule has 2 heterocycles. The van der Waals surface area contributed by atoms with Crippen LogP contribution in [-0.2, 0) is 0 Å². The summed E-state index contributed by atoms with van der Waals surface area (Å²) in [6.07, 6.45) is 8.56. The van der Waals surface area contributed by atoms with Crippen LogP contribution < -0.4 is 5.32 Å². The maximum Gasteiger partial charge on any atom is 0.00218 e. The summed E-state index contributed by atoms with van der Waals surface area (Å²) in [7, 11) is 0. The number of hydrogen-bond acceptors (Lipinski definition) is 2. The fraction of sp³-hybridized carbons (Fsp3) is 1.00.